The highest BCUT2D eigenvalue weighted by molar-refractivity contribution is 5.34. The minimum Gasteiger partial charge on any atom is -0.370 e. The number of aryl methyl sites for hydroxylation is 2. The van der Waals surface area contributed by atoms with E-state index in [0.29, 0.717) is 0 Å². The van der Waals surface area contributed by atoms with Gasteiger partial charge in [0, 0.05) is 31.0 Å². The van der Waals surface area contributed by atoms with Gasteiger partial charge in [0.15, 0.2) is 0 Å². The number of rotatable bonds is 7. The Hall–Kier alpha value is -1.98. The molecule has 96 valence electrons. The van der Waals surface area contributed by atoms with E-state index in [1.165, 1.54) is 0 Å². The Kier molecular flexibility index (Phi) is 4.63. The molecule has 0 saturated carbocycles. The highest BCUT2D eigenvalue weighted by Gasteiger charge is 1.98. The average molecular weight is 246 g/mol. The lowest BCUT2D eigenvalue weighted by atomic mass is 10.2. The van der Waals surface area contributed by atoms with Crippen LogP contribution in [0.15, 0.2) is 24.8 Å². The van der Waals surface area contributed by atoms with Crippen molar-refractivity contribution in [2.24, 2.45) is 0 Å². The van der Waals surface area contributed by atoms with Crippen LogP contribution in [0.4, 0.5) is 5.82 Å². The molecule has 0 unspecified atom stereocenters. The number of hydrogen-bond donors (Lipinski definition) is 1. The maximum Gasteiger partial charge on any atom is 0.129 e. The third-order valence-corrected chi connectivity index (χ3v) is 2.57. The molecule has 2 rings (SSSR count). The third-order valence-electron chi connectivity index (χ3n) is 2.57. The van der Waals surface area contributed by atoms with E-state index in [1.54, 1.807) is 12.5 Å². The van der Waals surface area contributed by atoms with Crippen LogP contribution in [0.5, 0.6) is 0 Å². The predicted molar refractivity (Wildman–Crippen MR) is 69.2 cm³/mol. The smallest absolute Gasteiger partial charge is 0.129 e. The normalized spacial score (nSPS) is 10.5. The molecule has 0 aliphatic heterocycles. The molecule has 0 aliphatic rings. The summed E-state index contributed by atoms with van der Waals surface area (Å²) in [6, 6.07) is 2.01. The maximum atomic E-state index is 4.22. The molecule has 18 heavy (non-hydrogen) atoms. The molecule has 0 bridgehead atoms. The quantitative estimate of drug-likeness (QED) is 0.750. The number of hydrogen-bond acceptors (Lipinski definition) is 5. The topological polar surface area (TPSA) is 68.5 Å². The van der Waals surface area contributed by atoms with Crippen molar-refractivity contribution in [1.82, 2.24) is 25.0 Å². The molecule has 6 nitrogen and oxygen atoms in total. The molecule has 6 heteroatoms. The number of anilines is 1. The second-order valence-corrected chi connectivity index (χ2v) is 4.09. The highest BCUT2D eigenvalue weighted by Crippen LogP contribution is 2.05. The van der Waals surface area contributed by atoms with E-state index in [4.69, 9.17) is 0 Å². The summed E-state index contributed by atoms with van der Waals surface area (Å²) in [5.74, 6) is 0.895. The molecule has 2 aromatic heterocycles. The SMILES string of the molecule is CCCc1cc(NCCCn2ccnn2)ncn1. The Morgan fingerprint density at radius 2 is 2.28 bits per heavy atom. The minimum absolute atomic E-state index is 0.861. The van der Waals surface area contributed by atoms with E-state index in [0.717, 1.165) is 43.9 Å². The van der Waals surface area contributed by atoms with E-state index in [9.17, 15) is 0 Å². The van der Waals surface area contributed by atoms with Crippen molar-refractivity contribution >= 4 is 5.82 Å². The van der Waals surface area contributed by atoms with Crippen molar-refractivity contribution in [2.75, 3.05) is 11.9 Å². The molecule has 0 aromatic carbocycles. The molecule has 0 atom stereocenters. The summed E-state index contributed by atoms with van der Waals surface area (Å²) >= 11 is 0. The lowest BCUT2D eigenvalue weighted by Crippen LogP contribution is -2.08. The Balaban J connectivity index is 1.74. The van der Waals surface area contributed by atoms with Gasteiger partial charge in [0.1, 0.15) is 12.1 Å². The van der Waals surface area contributed by atoms with Crippen LogP contribution in [0.1, 0.15) is 25.5 Å². The Bertz CT molecular complexity index is 453. The van der Waals surface area contributed by atoms with Crippen LogP contribution in [-0.4, -0.2) is 31.5 Å². The van der Waals surface area contributed by atoms with Crippen LogP contribution < -0.4 is 5.32 Å². The largest absolute Gasteiger partial charge is 0.370 e. The molecule has 0 spiro atoms. The van der Waals surface area contributed by atoms with Crippen LogP contribution in [0, 0.1) is 0 Å². The summed E-state index contributed by atoms with van der Waals surface area (Å²) in [7, 11) is 0. The van der Waals surface area contributed by atoms with Gasteiger partial charge in [0.2, 0.25) is 0 Å². The van der Waals surface area contributed by atoms with Crippen LogP contribution in [0.2, 0.25) is 0 Å². The molecule has 0 saturated heterocycles. The van der Waals surface area contributed by atoms with E-state index >= 15 is 0 Å². The fourth-order valence-electron chi connectivity index (χ4n) is 1.70. The molecular weight excluding hydrogens is 228 g/mol. The molecule has 0 fully saturated rings. The lowest BCUT2D eigenvalue weighted by Gasteiger charge is -2.06. The van der Waals surface area contributed by atoms with Crippen LogP contribution in [0.3, 0.4) is 0 Å². The molecule has 2 heterocycles. The Morgan fingerprint density at radius 3 is 3.06 bits per heavy atom. The van der Waals surface area contributed by atoms with Crippen molar-refractivity contribution < 1.29 is 0 Å². The number of nitrogens with zero attached hydrogens (tertiary/aromatic N) is 5. The first-order valence-electron chi connectivity index (χ1n) is 6.27. The van der Waals surface area contributed by atoms with E-state index in [2.05, 4.69) is 32.5 Å². The average Bonchev–Trinajstić information content (AvgIpc) is 2.89. The second kappa shape index (κ2) is 6.68. The molecule has 0 amide bonds. The molecule has 0 aliphatic carbocycles. The van der Waals surface area contributed by atoms with Crippen molar-refractivity contribution in [3.05, 3.63) is 30.5 Å². The van der Waals surface area contributed by atoms with Gasteiger partial charge in [-0.15, -0.1) is 5.10 Å². The van der Waals surface area contributed by atoms with Crippen molar-refractivity contribution in [3.8, 4) is 0 Å². The van der Waals surface area contributed by atoms with Gasteiger partial charge in [-0.05, 0) is 12.8 Å². The summed E-state index contributed by atoms with van der Waals surface area (Å²) in [5.41, 5.74) is 1.09. The summed E-state index contributed by atoms with van der Waals surface area (Å²) in [5, 5.41) is 11.0. The summed E-state index contributed by atoms with van der Waals surface area (Å²) in [6.45, 7) is 3.87. The zero-order valence-electron chi connectivity index (χ0n) is 10.6. The standard InChI is InChI=1S/C12H18N6/c1-2-4-11-9-12(15-10-14-11)13-5-3-7-18-8-6-16-17-18/h6,8-10H,2-5,7H2,1H3,(H,13,14,15). The number of nitrogens with one attached hydrogen (secondary N) is 1. The van der Waals surface area contributed by atoms with Gasteiger partial charge in [0.25, 0.3) is 0 Å². The van der Waals surface area contributed by atoms with Crippen LogP contribution >= 0.6 is 0 Å². The van der Waals surface area contributed by atoms with E-state index in [-0.39, 0.29) is 0 Å². The zero-order chi connectivity index (χ0) is 12.6. The zero-order valence-corrected chi connectivity index (χ0v) is 10.6. The van der Waals surface area contributed by atoms with Gasteiger partial charge in [-0.3, -0.25) is 4.68 Å². The maximum absolute atomic E-state index is 4.22. The number of aromatic nitrogens is 5. The lowest BCUT2D eigenvalue weighted by molar-refractivity contribution is 0.569. The van der Waals surface area contributed by atoms with Gasteiger partial charge in [0.05, 0.1) is 6.20 Å². The van der Waals surface area contributed by atoms with E-state index < -0.39 is 0 Å². The van der Waals surface area contributed by atoms with Crippen LogP contribution in [-0.2, 0) is 13.0 Å². The minimum atomic E-state index is 0.861. The van der Waals surface area contributed by atoms with Crippen molar-refractivity contribution in [3.63, 3.8) is 0 Å². The molecule has 1 N–H and O–H groups in total. The monoisotopic (exact) mass is 246 g/mol. The predicted octanol–water partition coefficient (Wildman–Crippen LogP) is 1.52. The third kappa shape index (κ3) is 3.80. The van der Waals surface area contributed by atoms with Gasteiger partial charge in [-0.1, -0.05) is 18.6 Å². The van der Waals surface area contributed by atoms with Gasteiger partial charge >= 0.3 is 0 Å². The van der Waals surface area contributed by atoms with E-state index in [1.807, 2.05) is 16.9 Å². The Labute approximate surface area is 106 Å². The summed E-state index contributed by atoms with van der Waals surface area (Å²) in [6.07, 6.45) is 8.25. The van der Waals surface area contributed by atoms with Gasteiger partial charge in [-0.25, -0.2) is 9.97 Å². The van der Waals surface area contributed by atoms with Crippen LogP contribution in [0.25, 0.3) is 0 Å². The summed E-state index contributed by atoms with van der Waals surface area (Å²) in [4.78, 5) is 8.42. The van der Waals surface area contributed by atoms with Crippen molar-refractivity contribution in [2.45, 2.75) is 32.7 Å². The molecule has 0 radical (unpaired) electrons. The van der Waals surface area contributed by atoms with Gasteiger partial charge < -0.3 is 5.32 Å². The molecule has 2 aromatic rings. The summed E-state index contributed by atoms with van der Waals surface area (Å²) < 4.78 is 1.82. The second-order valence-electron chi connectivity index (χ2n) is 4.09. The highest BCUT2D eigenvalue weighted by atomic mass is 15.4. The Morgan fingerprint density at radius 1 is 1.33 bits per heavy atom. The molecular formula is C12H18N6. The first-order chi connectivity index (χ1) is 8.88. The first kappa shape index (κ1) is 12.5. The first-order valence-corrected chi connectivity index (χ1v) is 6.27. The fraction of sp³-hybridized carbons (Fsp3) is 0.500. The van der Waals surface area contributed by atoms with Crippen molar-refractivity contribution in [1.29, 1.82) is 0 Å². The van der Waals surface area contributed by atoms with Gasteiger partial charge in [-0.2, -0.15) is 0 Å². The fourth-order valence-corrected chi connectivity index (χ4v) is 1.70.